The lowest BCUT2D eigenvalue weighted by molar-refractivity contribution is -0.162. The smallest absolute Gasteiger partial charge is 0.329 e. The van der Waals surface area contributed by atoms with Gasteiger partial charge in [0.2, 0.25) is 29.5 Å². The first-order chi connectivity index (χ1) is 28.3. The standard InChI is InChI=1S/C46H76N6O8/c1-12-14-16-21-25-35-43(56)50(9)32(7)46(59)60-33(8)40(53)47-36(26-22-17-15-13-2)44(57)51(10)38(28-31(5)6)41(54)49-37(27-30(3)4)45(58)52(11)39(42(55)48-35)29-34-23-19-18-20-24-34/h18-20,23-24,30-33,35-39H,12-17,21-22,25-29H2,1-11H3,(H,47,53)(H,48,55)(H,49,54)/t32-,33+,35-,36-,37-,38-,39-/m0/s1. The molecule has 7 atom stereocenters. The van der Waals surface area contributed by atoms with E-state index >= 15 is 0 Å². The highest BCUT2D eigenvalue weighted by atomic mass is 16.5. The molecule has 60 heavy (non-hydrogen) atoms. The van der Waals surface area contributed by atoms with Crippen molar-refractivity contribution in [2.45, 2.75) is 181 Å². The van der Waals surface area contributed by atoms with E-state index in [9.17, 15) is 33.6 Å². The number of nitrogens with one attached hydrogen (secondary N) is 3. The van der Waals surface area contributed by atoms with Crippen molar-refractivity contribution >= 4 is 41.4 Å². The van der Waals surface area contributed by atoms with Gasteiger partial charge in [-0.15, -0.1) is 0 Å². The third-order valence-corrected chi connectivity index (χ3v) is 11.4. The van der Waals surface area contributed by atoms with Crippen LogP contribution in [0.25, 0.3) is 0 Å². The Kier molecular flexibility index (Phi) is 22.4. The number of carbonyl (C=O) groups excluding carboxylic acids is 7. The molecular weight excluding hydrogens is 765 g/mol. The van der Waals surface area contributed by atoms with Crippen molar-refractivity contribution in [2.24, 2.45) is 11.8 Å². The zero-order valence-electron chi connectivity index (χ0n) is 38.4. The topological polar surface area (TPSA) is 175 Å². The minimum Gasteiger partial charge on any atom is -0.451 e. The lowest BCUT2D eigenvalue weighted by atomic mass is 9.97. The fourth-order valence-electron chi connectivity index (χ4n) is 7.43. The molecule has 338 valence electrons. The van der Waals surface area contributed by atoms with Crippen molar-refractivity contribution in [3.05, 3.63) is 35.9 Å². The maximum atomic E-state index is 14.7. The number of likely N-dealkylation sites (N-methyl/N-ethyl adjacent to an activating group) is 3. The molecule has 0 radical (unpaired) electrons. The van der Waals surface area contributed by atoms with Gasteiger partial charge in [-0.05, 0) is 56.9 Å². The van der Waals surface area contributed by atoms with E-state index in [0.717, 1.165) is 44.1 Å². The number of nitrogens with zero attached hydrogens (tertiary/aromatic N) is 3. The monoisotopic (exact) mass is 841 g/mol. The van der Waals surface area contributed by atoms with Gasteiger partial charge in [0.25, 0.3) is 5.91 Å². The summed E-state index contributed by atoms with van der Waals surface area (Å²) in [5, 5.41) is 8.69. The molecule has 0 saturated carbocycles. The molecule has 0 aliphatic carbocycles. The molecule has 0 unspecified atom stereocenters. The van der Waals surface area contributed by atoms with Crippen molar-refractivity contribution in [3.63, 3.8) is 0 Å². The Morgan fingerprint density at radius 1 is 0.567 bits per heavy atom. The van der Waals surface area contributed by atoms with Crippen molar-refractivity contribution < 1.29 is 38.3 Å². The maximum Gasteiger partial charge on any atom is 0.329 e. The van der Waals surface area contributed by atoms with E-state index in [0.29, 0.717) is 19.3 Å². The largest absolute Gasteiger partial charge is 0.451 e. The quantitative estimate of drug-likeness (QED) is 0.151. The average Bonchev–Trinajstić information content (AvgIpc) is 3.21. The van der Waals surface area contributed by atoms with Crippen LogP contribution in [-0.2, 0) is 44.7 Å². The Balaban J connectivity index is 2.77. The summed E-state index contributed by atoms with van der Waals surface area (Å²) in [6, 6.07) is 2.92. The van der Waals surface area contributed by atoms with Crippen LogP contribution in [0.15, 0.2) is 30.3 Å². The van der Waals surface area contributed by atoms with E-state index in [4.69, 9.17) is 4.74 Å². The molecule has 0 spiro atoms. The molecule has 1 aliphatic rings. The zero-order chi connectivity index (χ0) is 45.1. The summed E-state index contributed by atoms with van der Waals surface area (Å²) in [4.78, 5) is 103. The molecule has 2 rings (SSSR count). The number of benzene rings is 1. The number of rotatable bonds is 16. The highest BCUT2D eigenvalue weighted by molar-refractivity contribution is 5.97. The van der Waals surface area contributed by atoms with Crippen molar-refractivity contribution in [3.8, 4) is 0 Å². The predicted molar refractivity (Wildman–Crippen MR) is 233 cm³/mol. The van der Waals surface area contributed by atoms with Crippen LogP contribution in [0.5, 0.6) is 0 Å². The summed E-state index contributed by atoms with van der Waals surface area (Å²) in [6.45, 7) is 14.8. The second kappa shape index (κ2) is 26.0. The van der Waals surface area contributed by atoms with E-state index in [-0.39, 0.29) is 37.5 Å². The van der Waals surface area contributed by atoms with Crippen molar-refractivity contribution in [1.29, 1.82) is 0 Å². The molecule has 3 N–H and O–H groups in total. The van der Waals surface area contributed by atoms with Crippen molar-refractivity contribution in [2.75, 3.05) is 21.1 Å². The van der Waals surface area contributed by atoms with Gasteiger partial charge < -0.3 is 35.4 Å². The van der Waals surface area contributed by atoms with E-state index in [1.807, 2.05) is 58.0 Å². The summed E-state index contributed by atoms with van der Waals surface area (Å²) in [5.74, 6) is -4.20. The van der Waals surface area contributed by atoms with Crippen LogP contribution < -0.4 is 16.0 Å². The molecule has 1 fully saturated rings. The van der Waals surface area contributed by atoms with Crippen LogP contribution in [0, 0.1) is 11.8 Å². The molecule has 1 aromatic carbocycles. The number of unbranched alkanes of at least 4 members (excludes halogenated alkanes) is 6. The van der Waals surface area contributed by atoms with Crippen LogP contribution in [0.1, 0.15) is 138 Å². The molecule has 1 heterocycles. The first-order valence-corrected chi connectivity index (χ1v) is 22.3. The molecule has 1 aliphatic heterocycles. The van der Waals surface area contributed by atoms with E-state index in [2.05, 4.69) is 29.8 Å². The second-order valence-corrected chi connectivity index (χ2v) is 17.5. The number of amides is 6. The Morgan fingerprint density at radius 2 is 1.02 bits per heavy atom. The minimum absolute atomic E-state index is 0.0267. The summed E-state index contributed by atoms with van der Waals surface area (Å²) >= 11 is 0. The van der Waals surface area contributed by atoms with Gasteiger partial charge >= 0.3 is 5.97 Å². The molecular formula is C46H76N6O8. The number of ether oxygens (including phenoxy) is 1. The highest BCUT2D eigenvalue weighted by Crippen LogP contribution is 2.19. The Morgan fingerprint density at radius 3 is 1.53 bits per heavy atom. The van der Waals surface area contributed by atoms with Crippen LogP contribution >= 0.6 is 0 Å². The molecule has 0 bridgehead atoms. The summed E-state index contributed by atoms with van der Waals surface area (Å²) in [6.07, 6.45) is 6.62. The van der Waals surface area contributed by atoms with Crippen LogP contribution in [0.4, 0.5) is 0 Å². The Bertz CT molecular complexity index is 1550. The first kappa shape index (κ1) is 51.7. The Labute approximate surface area is 359 Å². The highest BCUT2D eigenvalue weighted by Gasteiger charge is 2.39. The van der Waals surface area contributed by atoms with Gasteiger partial charge in [0, 0.05) is 27.6 Å². The third kappa shape index (κ3) is 16.2. The van der Waals surface area contributed by atoms with Gasteiger partial charge in [-0.1, -0.05) is 123 Å². The third-order valence-electron chi connectivity index (χ3n) is 11.4. The van der Waals surface area contributed by atoms with Gasteiger partial charge in [0.1, 0.15) is 36.3 Å². The number of esters is 1. The number of hydrogen-bond donors (Lipinski definition) is 3. The fraction of sp³-hybridized carbons (Fsp3) is 0.717. The lowest BCUT2D eigenvalue weighted by Crippen LogP contribution is -2.60. The van der Waals surface area contributed by atoms with Gasteiger partial charge in [-0.25, -0.2) is 4.79 Å². The Hall–Kier alpha value is -4.49. The molecule has 6 amide bonds. The van der Waals surface area contributed by atoms with Gasteiger partial charge in [0.05, 0.1) is 0 Å². The maximum absolute atomic E-state index is 14.7. The fourth-order valence-corrected chi connectivity index (χ4v) is 7.43. The van der Waals surface area contributed by atoms with Crippen molar-refractivity contribution in [1.82, 2.24) is 30.7 Å². The first-order valence-electron chi connectivity index (χ1n) is 22.3. The SMILES string of the molecule is CCCCCC[C@@H]1NC(=O)[C@H](Cc2ccccc2)N(C)C(=O)[C@H](CC(C)C)NC(=O)[C@H](CC(C)C)N(C)C(=O)[C@H](CCCCCC)NC(=O)[C@@H](C)OC(=O)[C@H](C)N(C)C1=O. The number of hydrogen-bond acceptors (Lipinski definition) is 8. The summed E-state index contributed by atoms with van der Waals surface area (Å²) in [5.41, 5.74) is 0.783. The average molecular weight is 841 g/mol. The lowest BCUT2D eigenvalue weighted by Gasteiger charge is -2.35. The number of cyclic esters (lactones) is 1. The van der Waals surface area contributed by atoms with Gasteiger partial charge in [0.15, 0.2) is 6.10 Å². The predicted octanol–water partition coefficient (Wildman–Crippen LogP) is 5.16. The van der Waals surface area contributed by atoms with E-state index in [1.54, 1.807) is 0 Å². The summed E-state index contributed by atoms with van der Waals surface area (Å²) in [7, 11) is 4.50. The van der Waals surface area contributed by atoms with Crippen LogP contribution in [0.3, 0.4) is 0 Å². The van der Waals surface area contributed by atoms with Gasteiger partial charge in [-0.2, -0.15) is 0 Å². The molecule has 1 aromatic rings. The normalized spacial score (nSPS) is 24.9. The number of carbonyl (C=O) groups is 7. The second-order valence-electron chi connectivity index (χ2n) is 17.5. The minimum atomic E-state index is -1.31. The molecule has 0 aromatic heterocycles. The van der Waals surface area contributed by atoms with Crippen LogP contribution in [0.2, 0.25) is 0 Å². The molecule has 14 heteroatoms. The zero-order valence-corrected chi connectivity index (χ0v) is 38.4. The van der Waals surface area contributed by atoms with Crippen LogP contribution in [-0.4, -0.2) is 120 Å². The van der Waals surface area contributed by atoms with E-state index < -0.39 is 83.8 Å². The van der Waals surface area contributed by atoms with E-state index in [1.165, 1.54) is 49.7 Å². The molecule has 1 saturated heterocycles. The molecule has 14 nitrogen and oxygen atoms in total. The van der Waals surface area contributed by atoms with Gasteiger partial charge in [-0.3, -0.25) is 28.8 Å². The summed E-state index contributed by atoms with van der Waals surface area (Å²) < 4.78 is 5.59.